The molecule has 1 aliphatic heterocycles. The Kier molecular flexibility index (Phi) is 3.95. The van der Waals surface area contributed by atoms with Crippen molar-refractivity contribution in [1.82, 2.24) is 14.8 Å². The second-order valence-corrected chi connectivity index (χ2v) is 5.18. The maximum atomic E-state index is 12.4. The fourth-order valence-electron chi connectivity index (χ4n) is 2.32. The number of nitrogens with zero attached hydrogens (tertiary/aromatic N) is 2. The van der Waals surface area contributed by atoms with Gasteiger partial charge in [-0.1, -0.05) is 0 Å². The summed E-state index contributed by atoms with van der Waals surface area (Å²) in [4.78, 5) is 36.8. The van der Waals surface area contributed by atoms with Crippen molar-refractivity contribution in [3.05, 3.63) is 53.4 Å². The number of urea groups is 1. The van der Waals surface area contributed by atoms with Crippen LogP contribution in [0.15, 0.2) is 40.6 Å². The molecular weight excluding hydrogens is 314 g/mol. The van der Waals surface area contributed by atoms with Crippen LogP contribution in [0.4, 0.5) is 4.79 Å². The van der Waals surface area contributed by atoms with Crippen molar-refractivity contribution in [2.75, 3.05) is 7.11 Å². The Hall–Kier alpha value is -3.29. The molecule has 2 aromatic heterocycles. The maximum Gasteiger partial charge on any atom is 0.373 e. The second kappa shape index (κ2) is 6.07. The standard InChI is InChI=1S/C16H15N3O5/c1-18-7-3-4-10(18)8-12-14(20)19(16(22)17-12)9-11-5-6-13(24-11)15(21)23-2/h3-8H,9H2,1-2H3,(H,17,22)/b12-8-. The third-order valence-corrected chi connectivity index (χ3v) is 3.60. The SMILES string of the molecule is COC(=O)c1ccc(CN2C(=O)N/C(=C\c3cccn3C)C2=O)o1. The Bertz CT molecular complexity index is 846. The van der Waals surface area contributed by atoms with Crippen molar-refractivity contribution in [1.29, 1.82) is 0 Å². The van der Waals surface area contributed by atoms with E-state index in [1.54, 1.807) is 6.08 Å². The number of imide groups is 1. The Labute approximate surface area is 137 Å². The maximum absolute atomic E-state index is 12.4. The number of hydrogen-bond donors (Lipinski definition) is 1. The van der Waals surface area contributed by atoms with E-state index < -0.39 is 17.9 Å². The van der Waals surface area contributed by atoms with Crippen molar-refractivity contribution in [2.24, 2.45) is 7.05 Å². The first-order valence-electron chi connectivity index (χ1n) is 7.12. The molecule has 0 aliphatic carbocycles. The lowest BCUT2D eigenvalue weighted by molar-refractivity contribution is -0.123. The lowest BCUT2D eigenvalue weighted by atomic mass is 10.3. The number of aromatic nitrogens is 1. The van der Waals surface area contributed by atoms with Gasteiger partial charge in [-0.2, -0.15) is 0 Å². The number of aryl methyl sites for hydroxylation is 1. The summed E-state index contributed by atoms with van der Waals surface area (Å²) in [7, 11) is 3.07. The zero-order valence-electron chi connectivity index (χ0n) is 13.1. The van der Waals surface area contributed by atoms with Gasteiger partial charge in [0.1, 0.15) is 11.5 Å². The molecule has 8 heteroatoms. The first kappa shape index (κ1) is 15.6. The number of furan rings is 1. The minimum Gasteiger partial charge on any atom is -0.463 e. The summed E-state index contributed by atoms with van der Waals surface area (Å²) < 4.78 is 11.7. The predicted octanol–water partition coefficient (Wildman–Crippen LogP) is 1.50. The molecular formula is C16H15N3O5. The molecule has 8 nitrogen and oxygen atoms in total. The van der Waals surface area contributed by atoms with Gasteiger partial charge in [0.25, 0.3) is 5.91 Å². The van der Waals surface area contributed by atoms with Crippen LogP contribution in [-0.2, 0) is 23.1 Å². The van der Waals surface area contributed by atoms with Crippen LogP contribution in [0.25, 0.3) is 6.08 Å². The van der Waals surface area contributed by atoms with Crippen LogP contribution in [-0.4, -0.2) is 34.5 Å². The summed E-state index contributed by atoms with van der Waals surface area (Å²) in [6.45, 7) is -0.0772. The van der Waals surface area contributed by atoms with E-state index in [1.165, 1.54) is 19.2 Å². The number of amides is 3. The minimum atomic E-state index is -0.622. The number of nitrogens with one attached hydrogen (secondary N) is 1. The van der Waals surface area contributed by atoms with E-state index in [0.717, 1.165) is 10.6 Å². The highest BCUT2D eigenvalue weighted by Gasteiger charge is 2.34. The normalized spacial score (nSPS) is 15.9. The largest absolute Gasteiger partial charge is 0.463 e. The molecule has 2 aromatic rings. The summed E-state index contributed by atoms with van der Waals surface area (Å²) in [5.74, 6) is -0.766. The van der Waals surface area contributed by atoms with Gasteiger partial charge in [0.05, 0.1) is 13.7 Å². The highest BCUT2D eigenvalue weighted by atomic mass is 16.5. The number of ether oxygens (including phenoxy) is 1. The quantitative estimate of drug-likeness (QED) is 0.521. The molecule has 1 saturated heterocycles. The van der Waals surface area contributed by atoms with E-state index in [-0.39, 0.29) is 18.0 Å². The summed E-state index contributed by atoms with van der Waals surface area (Å²) in [5.41, 5.74) is 0.966. The predicted molar refractivity (Wildman–Crippen MR) is 82.5 cm³/mol. The molecule has 3 rings (SSSR count). The average molecular weight is 329 g/mol. The van der Waals surface area contributed by atoms with Gasteiger partial charge in [-0.15, -0.1) is 0 Å². The van der Waals surface area contributed by atoms with E-state index in [0.29, 0.717) is 5.76 Å². The van der Waals surface area contributed by atoms with Gasteiger partial charge in [0, 0.05) is 18.9 Å². The molecule has 3 amide bonds. The van der Waals surface area contributed by atoms with Crippen LogP contribution in [0.2, 0.25) is 0 Å². The van der Waals surface area contributed by atoms with Gasteiger partial charge in [-0.05, 0) is 30.3 Å². The summed E-state index contributed by atoms with van der Waals surface area (Å²) in [5, 5.41) is 2.53. The smallest absolute Gasteiger partial charge is 0.373 e. The van der Waals surface area contributed by atoms with Crippen molar-refractivity contribution in [2.45, 2.75) is 6.54 Å². The highest BCUT2D eigenvalue weighted by Crippen LogP contribution is 2.18. The number of methoxy groups -OCH3 is 1. The molecule has 3 heterocycles. The molecule has 1 aliphatic rings. The van der Waals surface area contributed by atoms with Crippen LogP contribution in [0.3, 0.4) is 0 Å². The third-order valence-electron chi connectivity index (χ3n) is 3.60. The summed E-state index contributed by atoms with van der Waals surface area (Å²) in [6, 6.07) is 6.07. The summed E-state index contributed by atoms with van der Waals surface area (Å²) >= 11 is 0. The molecule has 1 N–H and O–H groups in total. The first-order valence-corrected chi connectivity index (χ1v) is 7.12. The van der Waals surface area contributed by atoms with Crippen LogP contribution in [0.1, 0.15) is 22.0 Å². The Balaban J connectivity index is 1.77. The molecule has 0 spiro atoms. The van der Waals surface area contributed by atoms with Gasteiger partial charge in [-0.3, -0.25) is 9.69 Å². The highest BCUT2D eigenvalue weighted by molar-refractivity contribution is 6.13. The number of hydrogen-bond acceptors (Lipinski definition) is 5. The van der Waals surface area contributed by atoms with Crippen LogP contribution >= 0.6 is 0 Å². The lowest BCUT2D eigenvalue weighted by Crippen LogP contribution is -2.30. The molecule has 0 aromatic carbocycles. The van der Waals surface area contributed by atoms with Gasteiger partial charge >= 0.3 is 12.0 Å². The minimum absolute atomic E-state index is 0.0131. The van der Waals surface area contributed by atoms with E-state index in [2.05, 4.69) is 10.1 Å². The molecule has 124 valence electrons. The molecule has 0 atom stereocenters. The number of esters is 1. The molecule has 1 fully saturated rings. The van der Waals surface area contributed by atoms with E-state index in [4.69, 9.17) is 4.42 Å². The van der Waals surface area contributed by atoms with Crippen molar-refractivity contribution in [3.8, 4) is 0 Å². The Morgan fingerprint density at radius 3 is 2.79 bits per heavy atom. The van der Waals surface area contributed by atoms with E-state index in [9.17, 15) is 14.4 Å². The molecule has 0 bridgehead atoms. The zero-order valence-corrected chi connectivity index (χ0v) is 13.1. The fraction of sp³-hybridized carbons (Fsp3) is 0.188. The van der Waals surface area contributed by atoms with Crippen LogP contribution < -0.4 is 5.32 Å². The number of carbonyl (C=O) groups excluding carboxylic acids is 3. The molecule has 0 radical (unpaired) electrons. The first-order chi connectivity index (χ1) is 11.5. The van der Waals surface area contributed by atoms with Crippen molar-refractivity contribution >= 4 is 24.0 Å². The molecule has 0 saturated carbocycles. The van der Waals surface area contributed by atoms with Crippen LogP contribution in [0.5, 0.6) is 0 Å². The number of rotatable bonds is 4. The van der Waals surface area contributed by atoms with Gasteiger partial charge in [0.15, 0.2) is 0 Å². The topological polar surface area (TPSA) is 93.8 Å². The second-order valence-electron chi connectivity index (χ2n) is 5.18. The van der Waals surface area contributed by atoms with Gasteiger partial charge < -0.3 is 19.0 Å². The summed E-state index contributed by atoms with van der Waals surface area (Å²) in [6.07, 6.45) is 3.44. The number of carbonyl (C=O) groups is 3. The average Bonchev–Trinajstić information content (AvgIpc) is 3.25. The Morgan fingerprint density at radius 2 is 2.12 bits per heavy atom. The van der Waals surface area contributed by atoms with Crippen LogP contribution in [0, 0.1) is 0 Å². The van der Waals surface area contributed by atoms with Gasteiger partial charge in [-0.25, -0.2) is 9.59 Å². The van der Waals surface area contributed by atoms with E-state index in [1.807, 2.05) is 29.9 Å². The van der Waals surface area contributed by atoms with E-state index >= 15 is 0 Å². The fourth-order valence-corrected chi connectivity index (χ4v) is 2.32. The molecule has 0 unspecified atom stereocenters. The third kappa shape index (κ3) is 2.81. The Morgan fingerprint density at radius 1 is 1.33 bits per heavy atom. The zero-order chi connectivity index (χ0) is 17.3. The molecule has 24 heavy (non-hydrogen) atoms. The monoisotopic (exact) mass is 329 g/mol. The van der Waals surface area contributed by atoms with Gasteiger partial charge in [0.2, 0.25) is 5.76 Å². The van der Waals surface area contributed by atoms with Crippen molar-refractivity contribution < 1.29 is 23.5 Å². The van der Waals surface area contributed by atoms with Crippen molar-refractivity contribution in [3.63, 3.8) is 0 Å². The lowest BCUT2D eigenvalue weighted by Gasteiger charge is -2.09.